The summed E-state index contributed by atoms with van der Waals surface area (Å²) in [6, 6.07) is 17.7. The van der Waals surface area contributed by atoms with Crippen LogP contribution in [-0.2, 0) is 10.0 Å². The van der Waals surface area contributed by atoms with E-state index in [-0.39, 0.29) is 21.2 Å². The van der Waals surface area contributed by atoms with Gasteiger partial charge in [-0.1, -0.05) is 47.5 Å². The Hall–Kier alpha value is -3.01. The van der Waals surface area contributed by atoms with Crippen molar-refractivity contribution < 1.29 is 18.3 Å². The number of rotatable bonds is 5. The van der Waals surface area contributed by atoms with Gasteiger partial charge in [-0.05, 0) is 47.9 Å². The number of pyridine rings is 1. The number of quaternary nitrogens is 1. The molecule has 168 valence electrons. The van der Waals surface area contributed by atoms with Crippen LogP contribution in [0.15, 0.2) is 77.8 Å². The minimum absolute atomic E-state index is 0.0180. The second kappa shape index (κ2) is 9.09. The summed E-state index contributed by atoms with van der Waals surface area (Å²) < 4.78 is 28.6. The molecule has 0 spiro atoms. The van der Waals surface area contributed by atoms with Crippen LogP contribution >= 0.6 is 23.2 Å². The molecule has 33 heavy (non-hydrogen) atoms. The van der Waals surface area contributed by atoms with Crippen molar-refractivity contribution in [3.63, 3.8) is 0 Å². The van der Waals surface area contributed by atoms with E-state index < -0.39 is 21.0 Å². The molecule has 0 saturated heterocycles. The number of hydrogen-bond acceptors (Lipinski definition) is 5. The third kappa shape index (κ3) is 4.71. The number of aromatic nitrogens is 1. The van der Waals surface area contributed by atoms with Crippen molar-refractivity contribution in [2.45, 2.75) is 4.90 Å². The lowest BCUT2D eigenvalue weighted by Crippen LogP contribution is -3.06. The molecule has 1 aromatic heterocycles. The quantitative estimate of drug-likeness (QED) is 0.399. The summed E-state index contributed by atoms with van der Waals surface area (Å²) in [5, 5.41) is 12.8. The van der Waals surface area contributed by atoms with Crippen molar-refractivity contribution in [2.75, 3.05) is 11.8 Å². The summed E-state index contributed by atoms with van der Waals surface area (Å²) in [5.41, 5.74) is 1.16. The average molecular weight is 502 g/mol. The van der Waals surface area contributed by atoms with Crippen LogP contribution in [0.4, 0.5) is 5.69 Å². The number of hydrogen-bond donors (Lipinski definition) is 2. The summed E-state index contributed by atoms with van der Waals surface area (Å²) in [6.45, 7) is 0. The molecule has 2 N–H and O–H groups in total. The molecule has 0 fully saturated rings. The molecule has 7 nitrogen and oxygen atoms in total. The van der Waals surface area contributed by atoms with E-state index in [1.807, 2.05) is 30.3 Å². The van der Waals surface area contributed by atoms with Crippen molar-refractivity contribution in [1.29, 1.82) is 0 Å². The highest BCUT2D eigenvalue weighted by Crippen LogP contribution is 2.34. The van der Waals surface area contributed by atoms with Gasteiger partial charge < -0.3 is 10.3 Å². The van der Waals surface area contributed by atoms with Gasteiger partial charge in [-0.3, -0.25) is 9.71 Å². The summed E-state index contributed by atoms with van der Waals surface area (Å²) in [6.07, 6.45) is 1.64. The van der Waals surface area contributed by atoms with Gasteiger partial charge in [0.15, 0.2) is 0 Å². The number of fused-ring (bicyclic) bond motifs is 1. The van der Waals surface area contributed by atoms with E-state index in [4.69, 9.17) is 23.2 Å². The van der Waals surface area contributed by atoms with Crippen LogP contribution in [0.25, 0.3) is 22.0 Å². The molecule has 1 heterocycles. The Morgan fingerprint density at radius 1 is 1.00 bits per heavy atom. The van der Waals surface area contributed by atoms with Gasteiger partial charge in [0.2, 0.25) is 0 Å². The van der Waals surface area contributed by atoms with Crippen molar-refractivity contribution in [2.24, 2.45) is 0 Å². The Kier molecular flexibility index (Phi) is 6.38. The van der Waals surface area contributed by atoms with Crippen molar-refractivity contribution in [3.8, 4) is 11.3 Å². The molecule has 1 unspecified atom stereocenters. The topological polar surface area (TPSA) is 104 Å². The number of anilines is 1. The number of carbonyl (C=O) groups excluding carboxylic acids is 1. The zero-order valence-electron chi connectivity index (χ0n) is 17.2. The number of carbonyl (C=O) groups is 1. The summed E-state index contributed by atoms with van der Waals surface area (Å²) >= 11 is 12.6. The molecular weight excluding hydrogens is 485 g/mol. The molecule has 0 radical (unpaired) electrons. The lowest BCUT2D eigenvalue weighted by Gasteiger charge is -2.15. The summed E-state index contributed by atoms with van der Waals surface area (Å²) in [5.74, 6) is -0.712. The maximum atomic E-state index is 13.1. The fourth-order valence-corrected chi connectivity index (χ4v) is 4.93. The van der Waals surface area contributed by atoms with E-state index in [2.05, 4.69) is 9.71 Å². The van der Waals surface area contributed by atoms with Crippen LogP contribution in [-0.4, -0.2) is 26.4 Å². The minimum Gasteiger partial charge on any atom is -0.627 e. The molecule has 1 amide bonds. The lowest BCUT2D eigenvalue weighted by atomic mass is 10.0. The summed E-state index contributed by atoms with van der Waals surface area (Å²) in [7, 11) is -2.91. The maximum Gasteiger partial charge on any atom is 0.344 e. The van der Waals surface area contributed by atoms with Gasteiger partial charge in [0, 0.05) is 17.1 Å². The number of amides is 1. The molecule has 4 rings (SSSR count). The molecule has 10 heteroatoms. The zero-order valence-corrected chi connectivity index (χ0v) is 19.5. The van der Waals surface area contributed by atoms with Gasteiger partial charge in [-0.15, -0.1) is 0 Å². The molecule has 0 bridgehead atoms. The Bertz CT molecular complexity index is 1490. The van der Waals surface area contributed by atoms with Crippen LogP contribution < -0.4 is 9.79 Å². The molecule has 0 saturated carbocycles. The predicted molar refractivity (Wildman–Crippen MR) is 129 cm³/mol. The van der Waals surface area contributed by atoms with Crippen LogP contribution in [0, 0.1) is 5.21 Å². The number of hydroxylamine groups is 2. The highest BCUT2D eigenvalue weighted by Gasteiger charge is 2.20. The lowest BCUT2D eigenvalue weighted by molar-refractivity contribution is -0.732. The van der Waals surface area contributed by atoms with E-state index in [0.717, 1.165) is 17.8 Å². The summed E-state index contributed by atoms with van der Waals surface area (Å²) in [4.78, 5) is 16.2. The first-order valence-electron chi connectivity index (χ1n) is 9.69. The molecular formula is C23H17Cl2N3O4S. The van der Waals surface area contributed by atoms with Gasteiger partial charge >= 0.3 is 5.91 Å². The van der Waals surface area contributed by atoms with Gasteiger partial charge in [0.05, 0.1) is 38.9 Å². The van der Waals surface area contributed by atoms with Gasteiger partial charge in [0.1, 0.15) is 0 Å². The second-order valence-corrected chi connectivity index (χ2v) is 9.70. The van der Waals surface area contributed by atoms with E-state index in [0.29, 0.717) is 16.3 Å². The van der Waals surface area contributed by atoms with Crippen LogP contribution in [0.3, 0.4) is 0 Å². The third-order valence-electron chi connectivity index (χ3n) is 4.97. The maximum absolute atomic E-state index is 13.1. The van der Waals surface area contributed by atoms with Crippen LogP contribution in [0.5, 0.6) is 0 Å². The van der Waals surface area contributed by atoms with Crippen LogP contribution in [0.1, 0.15) is 10.4 Å². The van der Waals surface area contributed by atoms with Crippen molar-refractivity contribution >= 4 is 55.6 Å². The van der Waals surface area contributed by atoms with Crippen LogP contribution in [0.2, 0.25) is 10.0 Å². The molecule has 3 aromatic carbocycles. The largest absolute Gasteiger partial charge is 0.627 e. The second-order valence-electron chi connectivity index (χ2n) is 7.21. The molecule has 0 aliphatic carbocycles. The Balaban J connectivity index is 1.72. The highest BCUT2D eigenvalue weighted by molar-refractivity contribution is 7.92. The SMILES string of the molecule is C[NH+]([O-])C(=O)c1ccc(NS(=O)(=O)c2ccc(Cl)c(-c3nccc4ccccc34)c2)c(Cl)c1. The van der Waals surface area contributed by atoms with Gasteiger partial charge in [-0.25, -0.2) is 13.2 Å². The smallest absolute Gasteiger partial charge is 0.344 e. The molecule has 0 aliphatic rings. The first-order chi connectivity index (χ1) is 15.7. The molecule has 0 aliphatic heterocycles. The number of nitrogens with one attached hydrogen (secondary N) is 2. The van der Waals surface area contributed by atoms with E-state index in [9.17, 15) is 18.4 Å². The Morgan fingerprint density at radius 2 is 1.76 bits per heavy atom. The fourth-order valence-electron chi connectivity index (χ4n) is 3.33. The fraction of sp³-hybridized carbons (Fsp3) is 0.0435. The number of halogens is 2. The normalized spacial score (nSPS) is 12.5. The minimum atomic E-state index is -4.06. The van der Waals surface area contributed by atoms with E-state index in [1.165, 1.54) is 36.4 Å². The highest BCUT2D eigenvalue weighted by atomic mass is 35.5. The van der Waals surface area contributed by atoms with Crippen molar-refractivity contribution in [1.82, 2.24) is 4.98 Å². The Morgan fingerprint density at radius 3 is 2.48 bits per heavy atom. The predicted octanol–water partition coefficient (Wildman–Crippen LogP) is 4.16. The van der Waals surface area contributed by atoms with Crippen molar-refractivity contribution in [3.05, 3.63) is 93.7 Å². The monoisotopic (exact) mass is 501 g/mol. The van der Waals surface area contributed by atoms with Gasteiger partial charge in [0.25, 0.3) is 10.0 Å². The number of nitrogens with zero attached hydrogens (tertiary/aromatic N) is 1. The van der Waals surface area contributed by atoms with Gasteiger partial charge in [-0.2, -0.15) is 0 Å². The number of benzene rings is 3. The molecule has 1 atom stereocenters. The average Bonchev–Trinajstić information content (AvgIpc) is 2.79. The molecule has 4 aromatic rings. The third-order valence-corrected chi connectivity index (χ3v) is 6.98. The Labute approximate surface area is 200 Å². The van der Waals surface area contributed by atoms with E-state index >= 15 is 0 Å². The standard InChI is InChI=1S/C23H17Cl2N3O4S/c1-28(30)23(29)15-6-9-21(20(25)12-15)27-33(31,32)16-7-8-19(24)18(13-16)22-17-5-3-2-4-14(17)10-11-26-22/h2-13,27-28H,1H3. The first kappa shape index (κ1) is 23.2. The zero-order chi connectivity index (χ0) is 23.8. The number of sulfonamides is 1. The van der Waals surface area contributed by atoms with E-state index in [1.54, 1.807) is 6.20 Å². The first-order valence-corrected chi connectivity index (χ1v) is 11.9.